The van der Waals surface area contributed by atoms with E-state index in [0.717, 1.165) is 5.56 Å². The molecule has 2 amide bonds. The topological polar surface area (TPSA) is 75.5 Å². The number of hydrogen-bond donors (Lipinski definition) is 2. The lowest BCUT2D eigenvalue weighted by molar-refractivity contribution is 0.0916. The Hall–Kier alpha value is -3.22. The highest BCUT2D eigenvalue weighted by Crippen LogP contribution is 2.15. The molecule has 3 rings (SSSR count). The molecule has 0 bridgehead atoms. The smallest absolute Gasteiger partial charge is 0.287 e. The van der Waals surface area contributed by atoms with Gasteiger partial charge in [0.05, 0.1) is 5.52 Å². The molecule has 2 heterocycles. The molecule has 0 aliphatic heterocycles. The Morgan fingerprint density at radius 2 is 1.79 bits per heavy atom. The summed E-state index contributed by atoms with van der Waals surface area (Å²) in [5.41, 5.74) is 1.27. The molecule has 0 aliphatic rings. The molecule has 3 aromatic rings. The zero-order valence-corrected chi connectivity index (χ0v) is 16.1. The molecule has 28 heavy (non-hydrogen) atoms. The number of carbonyl (C=O) groups is 2. The lowest BCUT2D eigenvalue weighted by atomic mass is 10.1. The van der Waals surface area contributed by atoms with Gasteiger partial charge in [-0.25, -0.2) is 9.37 Å². The molecule has 0 atom stereocenters. The first-order chi connectivity index (χ1) is 13.2. The number of pyridine rings is 1. The fourth-order valence-corrected chi connectivity index (χ4v) is 2.82. The molecule has 2 N–H and O–H groups in total. The second kappa shape index (κ2) is 7.80. The van der Waals surface area contributed by atoms with Crippen LogP contribution >= 0.6 is 0 Å². The average molecular weight is 382 g/mol. The molecule has 0 saturated carbocycles. The third-order valence-corrected chi connectivity index (χ3v) is 4.07. The van der Waals surface area contributed by atoms with E-state index in [0.29, 0.717) is 18.5 Å². The Bertz CT molecular complexity index is 1000. The molecular weight excluding hydrogens is 359 g/mol. The molecule has 146 valence electrons. The van der Waals surface area contributed by atoms with Crippen LogP contribution in [-0.4, -0.2) is 33.3 Å². The highest BCUT2D eigenvalue weighted by Gasteiger charge is 2.23. The summed E-state index contributed by atoms with van der Waals surface area (Å²) in [6, 6.07) is 11.5. The van der Waals surface area contributed by atoms with Gasteiger partial charge in [-0.05, 0) is 57.0 Å². The number of rotatable bonds is 5. The summed E-state index contributed by atoms with van der Waals surface area (Å²) >= 11 is 0. The molecule has 6 nitrogen and oxygen atoms in total. The first-order valence-corrected chi connectivity index (χ1v) is 9.07. The van der Waals surface area contributed by atoms with Crippen molar-refractivity contribution < 1.29 is 14.0 Å². The number of hydrogen-bond acceptors (Lipinski definition) is 3. The molecule has 0 fully saturated rings. The van der Waals surface area contributed by atoms with Crippen LogP contribution in [0.2, 0.25) is 0 Å². The van der Waals surface area contributed by atoms with E-state index in [1.807, 2.05) is 20.8 Å². The summed E-state index contributed by atoms with van der Waals surface area (Å²) in [4.78, 5) is 29.5. The van der Waals surface area contributed by atoms with E-state index in [4.69, 9.17) is 0 Å². The first kappa shape index (κ1) is 19.5. The van der Waals surface area contributed by atoms with Crippen molar-refractivity contribution in [1.29, 1.82) is 0 Å². The minimum Gasteiger partial charge on any atom is -0.349 e. The number of imidazole rings is 1. The molecule has 0 spiro atoms. The van der Waals surface area contributed by atoms with Gasteiger partial charge in [0, 0.05) is 18.3 Å². The third-order valence-electron chi connectivity index (χ3n) is 4.07. The molecule has 0 unspecified atom stereocenters. The van der Waals surface area contributed by atoms with Crippen LogP contribution < -0.4 is 10.6 Å². The van der Waals surface area contributed by atoms with Crippen LogP contribution in [0, 0.1) is 5.82 Å². The molecular formula is C21H23FN4O2. The summed E-state index contributed by atoms with van der Waals surface area (Å²) < 4.78 is 14.6. The van der Waals surface area contributed by atoms with Crippen molar-refractivity contribution >= 4 is 17.3 Å². The monoisotopic (exact) mass is 382 g/mol. The molecule has 2 aromatic heterocycles. The number of amides is 2. The molecule has 0 radical (unpaired) electrons. The van der Waals surface area contributed by atoms with E-state index in [1.165, 1.54) is 12.1 Å². The fraction of sp³-hybridized carbons (Fsp3) is 0.286. The van der Waals surface area contributed by atoms with Gasteiger partial charge in [-0.15, -0.1) is 0 Å². The van der Waals surface area contributed by atoms with E-state index >= 15 is 0 Å². The van der Waals surface area contributed by atoms with Gasteiger partial charge >= 0.3 is 0 Å². The first-order valence-electron chi connectivity index (χ1n) is 9.07. The fourth-order valence-electron chi connectivity index (χ4n) is 2.82. The quantitative estimate of drug-likeness (QED) is 0.712. The van der Waals surface area contributed by atoms with Crippen molar-refractivity contribution in [3.63, 3.8) is 0 Å². The Morgan fingerprint density at radius 3 is 2.46 bits per heavy atom. The molecule has 1 aromatic carbocycles. The number of benzene rings is 1. The van der Waals surface area contributed by atoms with Crippen LogP contribution in [0.5, 0.6) is 0 Å². The Labute approximate surface area is 162 Å². The maximum absolute atomic E-state index is 13.0. The Morgan fingerprint density at radius 1 is 1.07 bits per heavy atom. The largest absolute Gasteiger partial charge is 0.349 e. The van der Waals surface area contributed by atoms with Crippen molar-refractivity contribution in [2.45, 2.75) is 32.7 Å². The lowest BCUT2D eigenvalue weighted by Crippen LogP contribution is -2.40. The normalized spacial score (nSPS) is 11.4. The highest BCUT2D eigenvalue weighted by molar-refractivity contribution is 6.02. The van der Waals surface area contributed by atoms with Gasteiger partial charge < -0.3 is 10.6 Å². The number of halogens is 1. The highest BCUT2D eigenvalue weighted by atomic mass is 19.1. The summed E-state index contributed by atoms with van der Waals surface area (Å²) in [5, 5.41) is 5.68. The summed E-state index contributed by atoms with van der Waals surface area (Å²) in [6.07, 6.45) is 2.26. The van der Waals surface area contributed by atoms with Gasteiger partial charge in [0.1, 0.15) is 5.82 Å². The second-order valence-electron chi connectivity index (χ2n) is 7.58. The van der Waals surface area contributed by atoms with Crippen LogP contribution in [0.4, 0.5) is 4.39 Å². The van der Waals surface area contributed by atoms with Crippen LogP contribution in [0.25, 0.3) is 5.52 Å². The van der Waals surface area contributed by atoms with Gasteiger partial charge in [-0.3, -0.25) is 14.0 Å². The van der Waals surface area contributed by atoms with E-state index in [1.54, 1.807) is 40.9 Å². The van der Waals surface area contributed by atoms with Crippen LogP contribution in [0.15, 0.2) is 48.7 Å². The van der Waals surface area contributed by atoms with Gasteiger partial charge in [0.15, 0.2) is 5.69 Å². The summed E-state index contributed by atoms with van der Waals surface area (Å²) in [6.45, 7) is 6.01. The standard InChI is InChI=1S/C21H23FN4O2/c1-21(2,3)25-19(27)17-16-6-4-5-13-26(16)18(24-17)20(28)23-12-11-14-7-9-15(22)10-8-14/h4-10,13H,11-12H2,1-3H3,(H,23,28)(H,25,27). The summed E-state index contributed by atoms with van der Waals surface area (Å²) in [7, 11) is 0. The predicted octanol–water partition coefficient (Wildman–Crippen LogP) is 2.97. The van der Waals surface area contributed by atoms with Crippen molar-refractivity contribution in [3.05, 3.63) is 71.6 Å². The number of fused-ring (bicyclic) bond motifs is 1. The lowest BCUT2D eigenvalue weighted by Gasteiger charge is -2.19. The second-order valence-corrected chi connectivity index (χ2v) is 7.58. The predicted molar refractivity (Wildman–Crippen MR) is 105 cm³/mol. The van der Waals surface area contributed by atoms with E-state index in [9.17, 15) is 14.0 Å². The van der Waals surface area contributed by atoms with Crippen molar-refractivity contribution in [2.75, 3.05) is 6.54 Å². The van der Waals surface area contributed by atoms with Crippen LogP contribution in [0.1, 0.15) is 47.4 Å². The van der Waals surface area contributed by atoms with Gasteiger partial charge in [0.2, 0.25) is 5.82 Å². The van der Waals surface area contributed by atoms with Crippen molar-refractivity contribution in [3.8, 4) is 0 Å². The molecule has 7 heteroatoms. The van der Waals surface area contributed by atoms with Gasteiger partial charge in [-0.2, -0.15) is 0 Å². The maximum Gasteiger partial charge on any atom is 0.287 e. The Balaban J connectivity index is 1.77. The zero-order valence-electron chi connectivity index (χ0n) is 16.1. The number of nitrogens with zero attached hydrogens (tertiary/aromatic N) is 2. The van der Waals surface area contributed by atoms with Crippen LogP contribution in [0.3, 0.4) is 0 Å². The maximum atomic E-state index is 13.0. The minimum absolute atomic E-state index is 0.147. The number of aromatic nitrogens is 2. The van der Waals surface area contributed by atoms with Gasteiger partial charge in [0.25, 0.3) is 11.8 Å². The average Bonchev–Trinajstić information content (AvgIpc) is 3.02. The molecule has 0 saturated heterocycles. The van der Waals surface area contributed by atoms with E-state index < -0.39 is 5.54 Å². The minimum atomic E-state index is -0.417. The van der Waals surface area contributed by atoms with Crippen LogP contribution in [-0.2, 0) is 6.42 Å². The number of carbonyl (C=O) groups excluding carboxylic acids is 2. The van der Waals surface area contributed by atoms with Crippen molar-refractivity contribution in [1.82, 2.24) is 20.0 Å². The SMILES string of the molecule is CC(C)(C)NC(=O)c1nc(C(=O)NCCc2ccc(F)cc2)n2ccccc12. The molecule has 0 aliphatic carbocycles. The van der Waals surface area contributed by atoms with Crippen molar-refractivity contribution in [2.24, 2.45) is 0 Å². The Kier molecular flexibility index (Phi) is 5.44. The third kappa shape index (κ3) is 4.54. The zero-order chi connectivity index (χ0) is 20.3. The van der Waals surface area contributed by atoms with E-state index in [2.05, 4.69) is 15.6 Å². The van der Waals surface area contributed by atoms with E-state index in [-0.39, 0.29) is 29.1 Å². The van der Waals surface area contributed by atoms with Gasteiger partial charge in [-0.1, -0.05) is 18.2 Å². The summed E-state index contributed by atoms with van der Waals surface area (Å²) in [5.74, 6) is -0.855. The number of nitrogens with one attached hydrogen (secondary N) is 2.